The maximum absolute atomic E-state index is 12.7. The summed E-state index contributed by atoms with van der Waals surface area (Å²) >= 11 is 0. The fourth-order valence-electron chi connectivity index (χ4n) is 4.30. The Hall–Kier alpha value is -2.27. The van der Waals surface area contributed by atoms with Crippen LogP contribution in [-0.4, -0.2) is 43.8 Å². The summed E-state index contributed by atoms with van der Waals surface area (Å²) in [5.41, 5.74) is 3.01. The number of nitrogens with zero attached hydrogens (tertiary/aromatic N) is 1. The quantitative estimate of drug-likeness (QED) is 0.833. The average molecular weight is 361 g/mol. The third-order valence-corrected chi connectivity index (χ3v) is 6.11. The molecule has 0 saturated carbocycles. The first-order chi connectivity index (χ1) is 13.1. The molecule has 2 heterocycles. The zero-order valence-corrected chi connectivity index (χ0v) is 16.1. The van der Waals surface area contributed by atoms with E-state index in [0.717, 1.165) is 37.4 Å². The summed E-state index contributed by atoms with van der Waals surface area (Å²) in [4.78, 5) is 15.1. The number of piperidine rings is 1. The van der Waals surface area contributed by atoms with E-state index in [2.05, 4.69) is 42.6 Å². The number of para-hydroxylation sites is 1. The van der Waals surface area contributed by atoms with Gasteiger partial charge < -0.3 is 10.1 Å². The first-order valence-corrected chi connectivity index (χ1v) is 9.80. The van der Waals surface area contributed by atoms with Crippen molar-refractivity contribution in [2.24, 2.45) is 0 Å². The molecule has 0 aliphatic carbocycles. The van der Waals surface area contributed by atoms with Gasteiger partial charge in [-0.15, -0.1) is 0 Å². The minimum atomic E-state index is -0.347. The van der Waals surface area contributed by atoms with Gasteiger partial charge in [0.15, 0.2) is 0 Å². The van der Waals surface area contributed by atoms with Crippen molar-refractivity contribution in [1.29, 1.82) is 0 Å². The number of amides is 1. The van der Waals surface area contributed by atoms with E-state index < -0.39 is 0 Å². The van der Waals surface area contributed by atoms with Crippen LogP contribution in [0.25, 0.3) is 0 Å². The number of hydrogen-bond acceptors (Lipinski definition) is 3. The summed E-state index contributed by atoms with van der Waals surface area (Å²) in [6.45, 7) is 6.72. The molecule has 2 aromatic carbocycles. The number of carbonyl (C=O) groups is 1. The molecule has 4 rings (SSSR count). The Balaban J connectivity index is 1.35. The Labute approximate surface area is 162 Å². The summed E-state index contributed by atoms with van der Waals surface area (Å²) < 4.78 is 5.98. The lowest BCUT2D eigenvalue weighted by atomic mass is 9.73. The number of rotatable bonds is 5. The molecule has 4 nitrogen and oxygen atoms in total. The third-order valence-electron chi connectivity index (χ3n) is 6.11. The average Bonchev–Trinajstić information content (AvgIpc) is 2.98. The molecule has 0 bridgehead atoms. The van der Waals surface area contributed by atoms with E-state index >= 15 is 0 Å². The predicted molar refractivity (Wildman–Crippen MR) is 110 cm³/mol. The summed E-state index contributed by atoms with van der Waals surface area (Å²) in [5.74, 6) is 1.07. The number of fused-ring (bicyclic) bond motifs is 2. The van der Waals surface area contributed by atoms with Crippen LogP contribution in [-0.2, 0) is 10.2 Å². The third kappa shape index (κ3) is 3.36. The molecule has 2 aliphatic rings. The molecular formula is C22H26BN2O2. The van der Waals surface area contributed by atoms with Crippen LogP contribution in [0.1, 0.15) is 25.3 Å². The lowest BCUT2D eigenvalue weighted by Crippen LogP contribution is -2.50. The number of nitrogens with one attached hydrogen (secondary N) is 1. The maximum atomic E-state index is 12.7. The van der Waals surface area contributed by atoms with E-state index in [-0.39, 0.29) is 11.3 Å². The smallest absolute Gasteiger partial charge is 0.235 e. The first-order valence-electron chi connectivity index (χ1n) is 9.80. The molecule has 1 unspecified atom stereocenters. The van der Waals surface area contributed by atoms with Crippen molar-refractivity contribution < 1.29 is 9.53 Å². The highest BCUT2D eigenvalue weighted by atomic mass is 16.5. The van der Waals surface area contributed by atoms with Gasteiger partial charge in [-0.05, 0) is 56.6 Å². The topological polar surface area (TPSA) is 41.6 Å². The SMILES string of the molecule is C[B]c1ccc(OCC(C)N2CCC3(CC2)C(=O)Nc2ccccc23)cc1. The lowest BCUT2D eigenvalue weighted by molar-refractivity contribution is -0.122. The van der Waals surface area contributed by atoms with Crippen LogP contribution in [0.2, 0.25) is 6.82 Å². The molecule has 27 heavy (non-hydrogen) atoms. The van der Waals surface area contributed by atoms with Crippen molar-refractivity contribution in [2.45, 2.75) is 38.0 Å². The van der Waals surface area contributed by atoms with Crippen molar-refractivity contribution in [3.8, 4) is 5.75 Å². The Morgan fingerprint density at radius 2 is 1.85 bits per heavy atom. The highest BCUT2D eigenvalue weighted by Crippen LogP contribution is 2.44. The van der Waals surface area contributed by atoms with Crippen molar-refractivity contribution in [3.63, 3.8) is 0 Å². The minimum Gasteiger partial charge on any atom is -0.492 e. The molecule has 1 spiro atoms. The van der Waals surface area contributed by atoms with Crippen molar-refractivity contribution in [3.05, 3.63) is 54.1 Å². The van der Waals surface area contributed by atoms with Crippen LogP contribution in [0.15, 0.2) is 48.5 Å². The summed E-state index contributed by atoms with van der Waals surface area (Å²) in [5, 5.41) is 3.07. The van der Waals surface area contributed by atoms with E-state index in [1.165, 1.54) is 11.0 Å². The van der Waals surface area contributed by atoms with Crippen molar-refractivity contribution in [2.75, 3.05) is 25.0 Å². The van der Waals surface area contributed by atoms with Crippen LogP contribution in [0.4, 0.5) is 5.69 Å². The van der Waals surface area contributed by atoms with Crippen LogP contribution in [0.3, 0.4) is 0 Å². The molecule has 1 N–H and O–H groups in total. The Morgan fingerprint density at radius 3 is 2.56 bits per heavy atom. The van der Waals surface area contributed by atoms with Gasteiger partial charge in [0.1, 0.15) is 19.6 Å². The molecular weight excluding hydrogens is 335 g/mol. The van der Waals surface area contributed by atoms with Gasteiger partial charge in [0.25, 0.3) is 0 Å². The standard InChI is InChI=1S/C22H26BN2O2/c1-16(15-27-18-9-7-17(23-2)8-10-18)25-13-11-22(12-14-25)19-5-3-4-6-20(19)24-21(22)26/h3-10,16H,11-15H2,1-2H3,(H,24,26). The molecule has 1 amide bonds. The summed E-state index contributed by atoms with van der Waals surface area (Å²) in [7, 11) is 2.08. The van der Waals surface area contributed by atoms with Crippen LogP contribution in [0.5, 0.6) is 5.75 Å². The van der Waals surface area contributed by atoms with E-state index in [0.29, 0.717) is 12.6 Å². The predicted octanol–water partition coefficient (Wildman–Crippen LogP) is 2.82. The fraction of sp³-hybridized carbons (Fsp3) is 0.409. The highest BCUT2D eigenvalue weighted by molar-refractivity contribution is 6.51. The molecule has 1 fully saturated rings. The van der Waals surface area contributed by atoms with Crippen LogP contribution < -0.4 is 15.5 Å². The van der Waals surface area contributed by atoms with Crippen molar-refractivity contribution >= 4 is 24.3 Å². The first kappa shape index (κ1) is 18.1. The van der Waals surface area contributed by atoms with Gasteiger partial charge in [-0.1, -0.05) is 42.6 Å². The Bertz CT molecular complexity index is 813. The molecule has 2 aliphatic heterocycles. The second kappa shape index (κ2) is 7.39. The molecule has 1 radical (unpaired) electrons. The van der Waals surface area contributed by atoms with Gasteiger partial charge in [-0.2, -0.15) is 0 Å². The zero-order valence-electron chi connectivity index (χ0n) is 16.1. The normalized spacial score (nSPS) is 19.4. The van der Waals surface area contributed by atoms with E-state index in [4.69, 9.17) is 4.74 Å². The van der Waals surface area contributed by atoms with Crippen molar-refractivity contribution in [1.82, 2.24) is 4.90 Å². The lowest BCUT2D eigenvalue weighted by Gasteiger charge is -2.40. The van der Waals surface area contributed by atoms with Gasteiger partial charge in [-0.3, -0.25) is 9.69 Å². The number of likely N-dealkylation sites (tertiary alicyclic amines) is 1. The van der Waals surface area contributed by atoms with Gasteiger partial charge in [0.2, 0.25) is 5.91 Å². The van der Waals surface area contributed by atoms with Crippen LogP contribution >= 0.6 is 0 Å². The molecule has 1 saturated heterocycles. The molecule has 5 heteroatoms. The number of benzene rings is 2. The highest BCUT2D eigenvalue weighted by Gasteiger charge is 2.48. The molecule has 1 atom stereocenters. The Kier molecular flexibility index (Phi) is 4.96. The summed E-state index contributed by atoms with van der Waals surface area (Å²) in [6, 6.07) is 16.6. The monoisotopic (exact) mass is 361 g/mol. The number of anilines is 1. The zero-order chi connectivity index (χ0) is 18.9. The van der Waals surface area contributed by atoms with E-state index in [1.54, 1.807) is 0 Å². The number of ether oxygens (including phenoxy) is 1. The summed E-state index contributed by atoms with van der Waals surface area (Å²) in [6.07, 6.45) is 1.72. The fourth-order valence-corrected chi connectivity index (χ4v) is 4.30. The second-order valence-electron chi connectivity index (χ2n) is 7.64. The van der Waals surface area contributed by atoms with Gasteiger partial charge in [-0.25, -0.2) is 0 Å². The Morgan fingerprint density at radius 1 is 1.15 bits per heavy atom. The second-order valence-corrected chi connectivity index (χ2v) is 7.64. The molecule has 139 valence electrons. The number of carbonyl (C=O) groups excluding carboxylic acids is 1. The van der Waals surface area contributed by atoms with E-state index in [1.807, 2.05) is 37.2 Å². The van der Waals surface area contributed by atoms with Crippen LogP contribution in [0, 0.1) is 0 Å². The van der Waals surface area contributed by atoms with Gasteiger partial charge in [0, 0.05) is 11.7 Å². The largest absolute Gasteiger partial charge is 0.492 e. The molecule has 0 aromatic heterocycles. The molecule has 2 aromatic rings. The minimum absolute atomic E-state index is 0.167. The van der Waals surface area contributed by atoms with Gasteiger partial charge in [0.05, 0.1) is 5.41 Å². The van der Waals surface area contributed by atoms with E-state index in [9.17, 15) is 4.79 Å². The number of hydrogen-bond donors (Lipinski definition) is 1. The maximum Gasteiger partial charge on any atom is 0.235 e. The van der Waals surface area contributed by atoms with Gasteiger partial charge >= 0.3 is 0 Å².